The van der Waals surface area contributed by atoms with Crippen LogP contribution in [0.2, 0.25) is 0 Å². The van der Waals surface area contributed by atoms with Crippen LogP contribution in [0.25, 0.3) is 10.9 Å². The lowest BCUT2D eigenvalue weighted by molar-refractivity contribution is 0.480. The van der Waals surface area contributed by atoms with Crippen LogP contribution in [0, 0.1) is 0 Å². The maximum Gasteiger partial charge on any atom is 0.229 e. The van der Waals surface area contributed by atoms with Gasteiger partial charge in [0.05, 0.1) is 5.69 Å². The number of thiazole rings is 1. The topological polar surface area (TPSA) is 70.7 Å². The zero-order valence-electron chi connectivity index (χ0n) is 9.19. The summed E-state index contributed by atoms with van der Waals surface area (Å²) >= 11 is 1.41. The zero-order chi connectivity index (χ0) is 12.4. The van der Waals surface area contributed by atoms with Gasteiger partial charge >= 0.3 is 0 Å². The second-order valence-corrected chi connectivity index (χ2v) is 4.39. The first-order valence-corrected chi connectivity index (χ1v) is 6.10. The number of rotatable bonds is 2. The molecule has 0 saturated carbocycles. The van der Waals surface area contributed by atoms with Gasteiger partial charge in [-0.2, -0.15) is 0 Å². The van der Waals surface area contributed by atoms with Crippen LogP contribution in [-0.4, -0.2) is 15.1 Å². The highest BCUT2D eigenvalue weighted by Gasteiger charge is 2.05. The Morgan fingerprint density at radius 2 is 2.00 bits per heavy atom. The number of pyridine rings is 1. The van der Waals surface area contributed by atoms with Gasteiger partial charge in [0, 0.05) is 23.2 Å². The number of azo groups is 1. The molecule has 0 spiro atoms. The Bertz CT molecular complexity index is 709. The van der Waals surface area contributed by atoms with Gasteiger partial charge in [0.2, 0.25) is 5.13 Å². The minimum absolute atomic E-state index is 0.138. The normalized spacial score (nSPS) is 11.3. The van der Waals surface area contributed by atoms with Gasteiger partial charge in [0.25, 0.3) is 0 Å². The molecular formula is C12H8N4OS. The quantitative estimate of drug-likeness (QED) is 0.708. The van der Waals surface area contributed by atoms with E-state index in [1.165, 1.54) is 11.3 Å². The summed E-state index contributed by atoms with van der Waals surface area (Å²) in [5.41, 5.74) is 1.18. The molecule has 2 heterocycles. The van der Waals surface area contributed by atoms with Crippen LogP contribution >= 0.6 is 11.3 Å². The van der Waals surface area contributed by atoms with Crippen molar-refractivity contribution in [3.63, 3.8) is 0 Å². The summed E-state index contributed by atoms with van der Waals surface area (Å²) in [6.45, 7) is 0. The summed E-state index contributed by atoms with van der Waals surface area (Å²) in [4.78, 5) is 8.14. The van der Waals surface area contributed by atoms with Gasteiger partial charge in [-0.25, -0.2) is 4.98 Å². The van der Waals surface area contributed by atoms with Crippen LogP contribution in [0.1, 0.15) is 0 Å². The number of fused-ring (bicyclic) bond motifs is 1. The molecule has 0 bridgehead atoms. The predicted octanol–water partition coefficient (Wildman–Crippen LogP) is 3.81. The Hall–Kier alpha value is -2.34. The average molecular weight is 256 g/mol. The Labute approximate surface area is 106 Å². The van der Waals surface area contributed by atoms with E-state index < -0.39 is 0 Å². The number of hydrogen-bond acceptors (Lipinski definition) is 6. The van der Waals surface area contributed by atoms with Gasteiger partial charge in [-0.1, -0.05) is 0 Å². The minimum atomic E-state index is 0.138. The van der Waals surface area contributed by atoms with Crippen LogP contribution in [0.15, 0.2) is 52.3 Å². The lowest BCUT2D eigenvalue weighted by atomic mass is 10.2. The molecule has 0 radical (unpaired) electrons. The molecule has 3 rings (SSSR count). The van der Waals surface area contributed by atoms with E-state index in [0.717, 1.165) is 5.39 Å². The Morgan fingerprint density at radius 3 is 2.83 bits per heavy atom. The molecule has 18 heavy (non-hydrogen) atoms. The molecule has 0 saturated heterocycles. The van der Waals surface area contributed by atoms with E-state index in [4.69, 9.17) is 0 Å². The summed E-state index contributed by atoms with van der Waals surface area (Å²) in [5.74, 6) is 0.138. The number of phenolic OH excluding ortho intramolecular Hbond substituents is 1. The van der Waals surface area contributed by atoms with Crippen molar-refractivity contribution in [1.29, 1.82) is 0 Å². The van der Waals surface area contributed by atoms with Crippen LogP contribution in [0.3, 0.4) is 0 Å². The minimum Gasteiger partial charge on any atom is -0.506 e. The van der Waals surface area contributed by atoms with Gasteiger partial charge in [-0.15, -0.1) is 21.6 Å². The van der Waals surface area contributed by atoms with Gasteiger partial charge < -0.3 is 5.11 Å². The van der Waals surface area contributed by atoms with E-state index in [9.17, 15) is 5.11 Å². The summed E-state index contributed by atoms with van der Waals surface area (Å²) < 4.78 is 0. The Balaban J connectivity index is 2.10. The third kappa shape index (κ3) is 1.93. The van der Waals surface area contributed by atoms with Crippen molar-refractivity contribution in [3.8, 4) is 5.75 Å². The molecule has 0 aliphatic heterocycles. The molecular weight excluding hydrogens is 248 g/mol. The monoisotopic (exact) mass is 256 g/mol. The van der Waals surface area contributed by atoms with Crippen molar-refractivity contribution < 1.29 is 5.11 Å². The largest absolute Gasteiger partial charge is 0.506 e. The highest BCUT2D eigenvalue weighted by molar-refractivity contribution is 7.13. The number of benzene rings is 1. The van der Waals surface area contributed by atoms with Crippen molar-refractivity contribution in [1.82, 2.24) is 9.97 Å². The van der Waals surface area contributed by atoms with E-state index in [-0.39, 0.29) is 5.75 Å². The lowest BCUT2D eigenvalue weighted by Crippen LogP contribution is -1.78. The second-order valence-electron chi connectivity index (χ2n) is 3.52. The van der Waals surface area contributed by atoms with Crippen LogP contribution in [0.5, 0.6) is 5.75 Å². The van der Waals surface area contributed by atoms with E-state index >= 15 is 0 Å². The zero-order valence-corrected chi connectivity index (χ0v) is 10.0. The van der Waals surface area contributed by atoms with Crippen LogP contribution in [0.4, 0.5) is 10.8 Å². The molecule has 88 valence electrons. The summed E-state index contributed by atoms with van der Waals surface area (Å²) in [6.07, 6.45) is 3.30. The van der Waals surface area contributed by atoms with E-state index in [2.05, 4.69) is 20.2 Å². The molecule has 1 N–H and O–H groups in total. The first kappa shape index (κ1) is 10.8. The summed E-state index contributed by atoms with van der Waals surface area (Å²) in [7, 11) is 0. The van der Waals surface area contributed by atoms with Gasteiger partial charge in [0.1, 0.15) is 11.3 Å². The second kappa shape index (κ2) is 4.50. The molecule has 0 aliphatic rings. The molecule has 2 aromatic heterocycles. The lowest BCUT2D eigenvalue weighted by Gasteiger charge is -2.01. The molecule has 3 aromatic rings. The van der Waals surface area contributed by atoms with Crippen molar-refractivity contribution in [3.05, 3.63) is 42.0 Å². The fourth-order valence-electron chi connectivity index (χ4n) is 1.59. The van der Waals surface area contributed by atoms with Gasteiger partial charge in [-0.05, 0) is 24.3 Å². The van der Waals surface area contributed by atoms with Crippen molar-refractivity contribution >= 4 is 33.1 Å². The van der Waals surface area contributed by atoms with Crippen LogP contribution in [-0.2, 0) is 0 Å². The van der Waals surface area contributed by atoms with E-state index in [1.54, 1.807) is 30.6 Å². The first-order chi connectivity index (χ1) is 8.84. The smallest absolute Gasteiger partial charge is 0.229 e. The molecule has 6 heteroatoms. The molecule has 0 amide bonds. The standard InChI is InChI=1S/C12H8N4OS/c17-10-4-3-9(8-2-1-5-13-11(8)10)15-16-12-14-6-7-18-12/h1-7,17H. The highest BCUT2D eigenvalue weighted by atomic mass is 32.1. The third-order valence-corrected chi connectivity index (χ3v) is 3.04. The van der Waals surface area contributed by atoms with Gasteiger partial charge in [-0.3, -0.25) is 4.98 Å². The fourth-order valence-corrected chi connectivity index (χ4v) is 2.04. The SMILES string of the molecule is Oc1ccc(N=Nc2nccs2)c2cccnc12. The number of phenols is 1. The average Bonchev–Trinajstić information content (AvgIpc) is 2.92. The molecule has 0 atom stereocenters. The maximum absolute atomic E-state index is 9.70. The predicted molar refractivity (Wildman–Crippen MR) is 69.7 cm³/mol. The molecule has 0 fully saturated rings. The first-order valence-electron chi connectivity index (χ1n) is 5.22. The van der Waals surface area contributed by atoms with E-state index in [1.807, 2.05) is 11.4 Å². The number of aromatic nitrogens is 2. The molecule has 1 aromatic carbocycles. The molecule has 5 nitrogen and oxygen atoms in total. The molecule has 0 unspecified atom stereocenters. The van der Waals surface area contributed by atoms with Crippen molar-refractivity contribution in [2.24, 2.45) is 10.2 Å². The van der Waals surface area contributed by atoms with Crippen molar-refractivity contribution in [2.45, 2.75) is 0 Å². The van der Waals surface area contributed by atoms with Gasteiger partial charge in [0.15, 0.2) is 0 Å². The third-order valence-electron chi connectivity index (χ3n) is 2.39. The summed E-state index contributed by atoms with van der Waals surface area (Å²) in [6, 6.07) is 6.91. The van der Waals surface area contributed by atoms with E-state index in [0.29, 0.717) is 16.3 Å². The van der Waals surface area contributed by atoms with Crippen molar-refractivity contribution in [2.75, 3.05) is 0 Å². The fraction of sp³-hybridized carbons (Fsp3) is 0. The van der Waals surface area contributed by atoms with Crippen LogP contribution < -0.4 is 0 Å². The number of hydrogen-bond donors (Lipinski definition) is 1. The maximum atomic E-state index is 9.70. The highest BCUT2D eigenvalue weighted by Crippen LogP contribution is 2.31. The Kier molecular flexibility index (Phi) is 2.70. The number of aromatic hydroxyl groups is 1. The number of nitrogens with zero attached hydrogens (tertiary/aromatic N) is 4. The summed E-state index contributed by atoms with van der Waals surface area (Å²) in [5, 5.41) is 21.1. The molecule has 0 aliphatic carbocycles. The Morgan fingerprint density at radius 1 is 1.06 bits per heavy atom.